The van der Waals surface area contributed by atoms with Crippen molar-refractivity contribution in [1.82, 2.24) is 5.32 Å². The molecule has 0 aromatic heterocycles. The summed E-state index contributed by atoms with van der Waals surface area (Å²) in [5, 5.41) is 2.52. The molecule has 0 fully saturated rings. The number of hydrogen-bond donors (Lipinski definition) is 1. The average Bonchev–Trinajstić information content (AvgIpc) is 2.85. The van der Waals surface area contributed by atoms with Crippen LogP contribution in [0.4, 0.5) is 4.79 Å². The Balaban J connectivity index is 4.18. The summed E-state index contributed by atoms with van der Waals surface area (Å²) >= 11 is 0. The number of rotatable bonds is 18. The molecule has 11 heteroatoms. The number of carbonyl (C=O) groups excluding carboxylic acids is 5. The van der Waals surface area contributed by atoms with Crippen LogP contribution in [0.5, 0.6) is 0 Å². The molecule has 0 aromatic carbocycles. The van der Waals surface area contributed by atoms with E-state index >= 15 is 0 Å². The van der Waals surface area contributed by atoms with Gasteiger partial charge in [-0.25, -0.2) is 14.4 Å². The maximum Gasteiger partial charge on any atom is 0.407 e. The van der Waals surface area contributed by atoms with Crippen LogP contribution < -0.4 is 5.32 Å². The lowest BCUT2D eigenvalue weighted by Gasteiger charge is -2.29. The average molecular weight is 514 g/mol. The normalized spacial score (nSPS) is 11.0. The summed E-state index contributed by atoms with van der Waals surface area (Å²) < 4.78 is 25.2. The van der Waals surface area contributed by atoms with E-state index in [0.29, 0.717) is 25.7 Å². The van der Waals surface area contributed by atoms with Crippen molar-refractivity contribution < 1.29 is 47.7 Å². The molecule has 0 aliphatic carbocycles. The minimum atomic E-state index is -1.24. The molecular formula is C25H39NO10. The van der Waals surface area contributed by atoms with Gasteiger partial charge < -0.3 is 29.0 Å². The fourth-order valence-electron chi connectivity index (χ4n) is 2.39. The summed E-state index contributed by atoms with van der Waals surface area (Å²) in [5.74, 6) is -2.14. The standard InChI is InChI=1S/C25H39NO10/c1-7-19(27)35-17-25(6,18-36-20(28)8-2)26-23(31)34-14-12-10-11-13-21(29)32-15-16-33-22(30)24(4,5)9-3/h7-8H,1-2,9-18H2,3-6H3,(H,26,31). The molecule has 0 saturated carbocycles. The fraction of sp³-hybridized carbons (Fsp3) is 0.640. The Kier molecular flexibility index (Phi) is 15.5. The Morgan fingerprint density at radius 3 is 1.83 bits per heavy atom. The van der Waals surface area contributed by atoms with Crippen LogP contribution in [0, 0.1) is 5.41 Å². The van der Waals surface area contributed by atoms with E-state index in [1.54, 1.807) is 13.8 Å². The van der Waals surface area contributed by atoms with E-state index in [1.165, 1.54) is 6.92 Å². The molecule has 36 heavy (non-hydrogen) atoms. The number of nitrogens with one attached hydrogen (secondary N) is 1. The Bertz CT molecular complexity index is 751. The fourth-order valence-corrected chi connectivity index (χ4v) is 2.39. The van der Waals surface area contributed by atoms with Crippen LogP contribution in [0.1, 0.15) is 59.8 Å². The lowest BCUT2D eigenvalue weighted by Crippen LogP contribution is -2.53. The molecule has 0 radical (unpaired) electrons. The molecule has 0 spiro atoms. The second-order valence-corrected chi connectivity index (χ2v) is 8.85. The second-order valence-electron chi connectivity index (χ2n) is 8.85. The van der Waals surface area contributed by atoms with E-state index in [-0.39, 0.29) is 45.4 Å². The quantitative estimate of drug-likeness (QED) is 0.126. The van der Waals surface area contributed by atoms with Gasteiger partial charge in [0.05, 0.1) is 12.0 Å². The molecule has 0 heterocycles. The van der Waals surface area contributed by atoms with Crippen molar-refractivity contribution in [3.05, 3.63) is 25.3 Å². The summed E-state index contributed by atoms with van der Waals surface area (Å²) in [5.41, 5.74) is -1.81. The predicted octanol–water partition coefficient (Wildman–Crippen LogP) is 3.01. The molecular weight excluding hydrogens is 474 g/mol. The number of carbonyl (C=O) groups is 5. The summed E-state index contributed by atoms with van der Waals surface area (Å²) in [4.78, 5) is 58.4. The van der Waals surface area contributed by atoms with Gasteiger partial charge in [0.1, 0.15) is 32.0 Å². The zero-order valence-electron chi connectivity index (χ0n) is 21.7. The van der Waals surface area contributed by atoms with Crippen molar-refractivity contribution in [3.63, 3.8) is 0 Å². The number of unbranched alkanes of at least 4 members (excludes halogenated alkanes) is 2. The number of esters is 4. The minimum absolute atomic E-state index is 0.00333. The van der Waals surface area contributed by atoms with Gasteiger partial charge in [0.25, 0.3) is 0 Å². The smallest absolute Gasteiger partial charge is 0.407 e. The van der Waals surface area contributed by atoms with Gasteiger partial charge in [-0.05, 0) is 46.5 Å². The summed E-state index contributed by atoms with van der Waals surface area (Å²) in [6.07, 6.45) is 3.60. The molecule has 0 bridgehead atoms. The molecule has 0 aliphatic rings. The highest BCUT2D eigenvalue weighted by Crippen LogP contribution is 2.21. The summed E-state index contributed by atoms with van der Waals surface area (Å²) in [7, 11) is 0. The van der Waals surface area contributed by atoms with Crippen LogP contribution in [-0.4, -0.2) is 68.5 Å². The summed E-state index contributed by atoms with van der Waals surface area (Å²) in [6, 6.07) is 0. The van der Waals surface area contributed by atoms with Gasteiger partial charge in [-0.15, -0.1) is 0 Å². The third-order valence-corrected chi connectivity index (χ3v) is 5.08. The Labute approximate surface area is 212 Å². The van der Waals surface area contributed by atoms with Gasteiger partial charge in [0.15, 0.2) is 0 Å². The van der Waals surface area contributed by atoms with E-state index in [2.05, 4.69) is 18.5 Å². The van der Waals surface area contributed by atoms with E-state index in [0.717, 1.165) is 12.2 Å². The molecule has 0 atom stereocenters. The Morgan fingerprint density at radius 2 is 1.31 bits per heavy atom. The van der Waals surface area contributed by atoms with Crippen molar-refractivity contribution >= 4 is 30.0 Å². The maximum atomic E-state index is 12.1. The van der Waals surface area contributed by atoms with Crippen molar-refractivity contribution in [2.75, 3.05) is 33.0 Å². The number of hydrogen-bond acceptors (Lipinski definition) is 10. The van der Waals surface area contributed by atoms with Gasteiger partial charge in [0, 0.05) is 18.6 Å². The highest BCUT2D eigenvalue weighted by Gasteiger charge is 2.31. The molecule has 0 saturated heterocycles. The first-order valence-corrected chi connectivity index (χ1v) is 11.7. The van der Waals surface area contributed by atoms with Crippen LogP contribution in [-0.2, 0) is 42.9 Å². The monoisotopic (exact) mass is 513 g/mol. The third kappa shape index (κ3) is 14.8. The number of amides is 1. The Hall–Kier alpha value is -3.37. The van der Waals surface area contributed by atoms with Crippen LogP contribution in [0.25, 0.3) is 0 Å². The maximum absolute atomic E-state index is 12.1. The first-order chi connectivity index (χ1) is 16.9. The van der Waals surface area contributed by atoms with E-state index < -0.39 is 35.0 Å². The van der Waals surface area contributed by atoms with Crippen LogP contribution in [0.15, 0.2) is 25.3 Å². The van der Waals surface area contributed by atoms with Crippen LogP contribution in [0.3, 0.4) is 0 Å². The van der Waals surface area contributed by atoms with Gasteiger partial charge in [0.2, 0.25) is 0 Å². The van der Waals surface area contributed by atoms with Gasteiger partial charge >= 0.3 is 30.0 Å². The zero-order valence-corrected chi connectivity index (χ0v) is 21.7. The van der Waals surface area contributed by atoms with E-state index in [9.17, 15) is 24.0 Å². The van der Waals surface area contributed by atoms with Crippen molar-refractivity contribution in [2.24, 2.45) is 5.41 Å². The van der Waals surface area contributed by atoms with Crippen molar-refractivity contribution in [3.8, 4) is 0 Å². The Morgan fingerprint density at radius 1 is 0.750 bits per heavy atom. The molecule has 0 rings (SSSR count). The number of alkyl carbamates (subject to hydrolysis) is 1. The van der Waals surface area contributed by atoms with Crippen molar-refractivity contribution in [1.29, 1.82) is 0 Å². The first kappa shape index (κ1) is 32.6. The molecule has 11 nitrogen and oxygen atoms in total. The minimum Gasteiger partial charge on any atom is -0.462 e. The predicted molar refractivity (Wildman–Crippen MR) is 130 cm³/mol. The molecule has 1 N–H and O–H groups in total. The highest BCUT2D eigenvalue weighted by molar-refractivity contribution is 5.82. The largest absolute Gasteiger partial charge is 0.462 e. The number of ether oxygens (including phenoxy) is 5. The molecule has 1 amide bonds. The van der Waals surface area contributed by atoms with Gasteiger partial charge in [-0.3, -0.25) is 9.59 Å². The van der Waals surface area contributed by atoms with Gasteiger partial charge in [-0.1, -0.05) is 20.1 Å². The third-order valence-electron chi connectivity index (χ3n) is 5.08. The highest BCUT2D eigenvalue weighted by atomic mass is 16.6. The second kappa shape index (κ2) is 17.1. The molecule has 0 aromatic rings. The van der Waals surface area contributed by atoms with Crippen LogP contribution in [0.2, 0.25) is 0 Å². The first-order valence-electron chi connectivity index (χ1n) is 11.7. The van der Waals surface area contributed by atoms with E-state index in [4.69, 9.17) is 23.7 Å². The van der Waals surface area contributed by atoms with E-state index in [1.807, 2.05) is 6.92 Å². The lowest BCUT2D eigenvalue weighted by molar-refractivity contribution is -0.159. The SMILES string of the molecule is C=CC(=O)OCC(C)(COC(=O)C=C)NC(=O)OCCCCCC(=O)OCCOC(=O)C(C)(C)CC. The molecule has 0 aliphatic heterocycles. The van der Waals surface area contributed by atoms with Crippen molar-refractivity contribution in [2.45, 2.75) is 65.3 Å². The van der Waals surface area contributed by atoms with Crippen LogP contribution >= 0.6 is 0 Å². The summed E-state index contributed by atoms with van der Waals surface area (Å²) in [6.45, 7) is 13.1. The lowest BCUT2D eigenvalue weighted by atomic mass is 9.91. The topological polar surface area (TPSA) is 144 Å². The van der Waals surface area contributed by atoms with Gasteiger partial charge in [-0.2, -0.15) is 0 Å². The molecule has 0 unspecified atom stereocenters. The zero-order chi connectivity index (χ0) is 27.6. The molecule has 204 valence electrons.